The van der Waals surface area contributed by atoms with Crippen LogP contribution < -0.4 is 9.47 Å². The third-order valence-corrected chi connectivity index (χ3v) is 3.27. The normalized spacial score (nSPS) is 28.3. The minimum Gasteiger partial charge on any atom is -0.454 e. The van der Waals surface area contributed by atoms with Gasteiger partial charge in [0.15, 0.2) is 11.5 Å². The molecule has 0 aromatic heterocycles. The van der Waals surface area contributed by atoms with Crippen molar-refractivity contribution in [1.29, 1.82) is 0 Å². The van der Waals surface area contributed by atoms with Gasteiger partial charge < -0.3 is 14.6 Å². The largest absolute Gasteiger partial charge is 0.454 e. The fourth-order valence-corrected chi connectivity index (χ4v) is 2.43. The molecule has 1 N–H and O–H groups in total. The summed E-state index contributed by atoms with van der Waals surface area (Å²) in [4.78, 5) is 0. The first kappa shape index (κ1) is 9.04. The zero-order chi connectivity index (χ0) is 10.3. The van der Waals surface area contributed by atoms with E-state index in [-0.39, 0.29) is 6.10 Å². The fourth-order valence-electron chi connectivity index (χ4n) is 2.43. The van der Waals surface area contributed by atoms with Gasteiger partial charge in [-0.3, -0.25) is 0 Å². The molecule has 0 bridgehead atoms. The Morgan fingerprint density at radius 1 is 1.13 bits per heavy atom. The van der Waals surface area contributed by atoms with Crippen molar-refractivity contribution in [2.24, 2.45) is 0 Å². The zero-order valence-corrected chi connectivity index (χ0v) is 8.48. The van der Waals surface area contributed by atoms with Gasteiger partial charge >= 0.3 is 0 Å². The van der Waals surface area contributed by atoms with E-state index in [0.29, 0.717) is 12.7 Å². The molecule has 0 radical (unpaired) electrons. The molecule has 1 aromatic carbocycles. The van der Waals surface area contributed by atoms with Gasteiger partial charge in [0, 0.05) is 0 Å². The maximum Gasteiger partial charge on any atom is 0.231 e. The van der Waals surface area contributed by atoms with Crippen LogP contribution >= 0.6 is 0 Å². The van der Waals surface area contributed by atoms with E-state index < -0.39 is 0 Å². The number of rotatable bonds is 1. The van der Waals surface area contributed by atoms with Crippen molar-refractivity contribution in [3.8, 4) is 11.5 Å². The number of hydrogen-bond acceptors (Lipinski definition) is 3. The summed E-state index contributed by atoms with van der Waals surface area (Å²) in [5.41, 5.74) is 1.26. The van der Waals surface area contributed by atoms with Crippen LogP contribution in [0.1, 0.15) is 30.7 Å². The van der Waals surface area contributed by atoms with Crippen molar-refractivity contribution >= 4 is 0 Å². The summed E-state index contributed by atoms with van der Waals surface area (Å²) in [6.45, 7) is 0.325. The van der Waals surface area contributed by atoms with E-state index in [1.807, 2.05) is 12.1 Å². The molecule has 1 aliphatic carbocycles. The quantitative estimate of drug-likeness (QED) is 0.764. The van der Waals surface area contributed by atoms with Crippen LogP contribution in [0.5, 0.6) is 11.5 Å². The minimum atomic E-state index is -0.125. The molecule has 2 unspecified atom stereocenters. The SMILES string of the molecule is OC1CCC(c2ccc3c(c2)OCO3)C1. The highest BCUT2D eigenvalue weighted by Crippen LogP contribution is 2.39. The molecule has 1 aromatic rings. The van der Waals surface area contributed by atoms with Crippen LogP contribution in [0, 0.1) is 0 Å². The highest BCUT2D eigenvalue weighted by Gasteiger charge is 2.25. The topological polar surface area (TPSA) is 38.7 Å². The molecule has 0 amide bonds. The van der Waals surface area contributed by atoms with Gasteiger partial charge in [-0.05, 0) is 42.9 Å². The predicted molar refractivity (Wildman–Crippen MR) is 55.2 cm³/mol. The van der Waals surface area contributed by atoms with E-state index in [2.05, 4.69) is 6.07 Å². The predicted octanol–water partition coefficient (Wildman–Crippen LogP) is 2.04. The summed E-state index contributed by atoms with van der Waals surface area (Å²) in [5.74, 6) is 2.15. The van der Waals surface area contributed by atoms with Crippen molar-refractivity contribution in [1.82, 2.24) is 0 Å². The van der Waals surface area contributed by atoms with Gasteiger partial charge in [0.2, 0.25) is 6.79 Å². The van der Waals surface area contributed by atoms with E-state index in [1.54, 1.807) is 0 Å². The van der Waals surface area contributed by atoms with Gasteiger partial charge in [0.05, 0.1) is 6.10 Å². The monoisotopic (exact) mass is 206 g/mol. The van der Waals surface area contributed by atoms with Crippen LogP contribution in [0.2, 0.25) is 0 Å². The molecule has 1 aliphatic heterocycles. The number of aliphatic hydroxyl groups is 1. The maximum absolute atomic E-state index is 9.50. The molecule has 3 heteroatoms. The van der Waals surface area contributed by atoms with Gasteiger partial charge in [0.1, 0.15) is 0 Å². The van der Waals surface area contributed by atoms with Gasteiger partial charge in [-0.25, -0.2) is 0 Å². The van der Waals surface area contributed by atoms with Crippen molar-refractivity contribution < 1.29 is 14.6 Å². The number of ether oxygens (including phenoxy) is 2. The molecule has 2 atom stereocenters. The summed E-state index contributed by atoms with van der Waals surface area (Å²) < 4.78 is 10.6. The van der Waals surface area contributed by atoms with E-state index in [4.69, 9.17) is 9.47 Å². The van der Waals surface area contributed by atoms with Crippen molar-refractivity contribution in [2.45, 2.75) is 31.3 Å². The molecular weight excluding hydrogens is 192 g/mol. The van der Waals surface area contributed by atoms with Crippen LogP contribution in [0.15, 0.2) is 18.2 Å². The molecule has 2 aliphatic rings. The molecule has 0 saturated heterocycles. The number of aliphatic hydroxyl groups excluding tert-OH is 1. The second-order valence-corrected chi connectivity index (χ2v) is 4.28. The summed E-state index contributed by atoms with van der Waals surface area (Å²) in [7, 11) is 0. The molecular formula is C12H14O3. The highest BCUT2D eigenvalue weighted by atomic mass is 16.7. The molecule has 1 saturated carbocycles. The Kier molecular flexibility index (Phi) is 2.06. The Morgan fingerprint density at radius 3 is 2.80 bits per heavy atom. The molecule has 80 valence electrons. The first-order chi connectivity index (χ1) is 7.33. The maximum atomic E-state index is 9.50. The summed E-state index contributed by atoms with van der Waals surface area (Å²) >= 11 is 0. The summed E-state index contributed by atoms with van der Waals surface area (Å²) in [5, 5.41) is 9.50. The van der Waals surface area contributed by atoms with E-state index in [1.165, 1.54) is 5.56 Å². The Hall–Kier alpha value is -1.22. The van der Waals surface area contributed by atoms with Crippen molar-refractivity contribution in [2.75, 3.05) is 6.79 Å². The standard InChI is InChI=1S/C12H14O3/c13-10-3-1-8(5-10)9-2-4-11-12(6-9)15-7-14-11/h2,4,6,8,10,13H,1,3,5,7H2. The number of hydrogen-bond donors (Lipinski definition) is 1. The van der Waals surface area contributed by atoms with Gasteiger partial charge in [0.25, 0.3) is 0 Å². The van der Waals surface area contributed by atoms with Crippen LogP contribution in [0.4, 0.5) is 0 Å². The van der Waals surface area contributed by atoms with Crippen molar-refractivity contribution in [3.05, 3.63) is 23.8 Å². The second-order valence-electron chi connectivity index (χ2n) is 4.28. The molecule has 15 heavy (non-hydrogen) atoms. The Bertz CT molecular complexity index is 375. The van der Waals surface area contributed by atoms with Crippen molar-refractivity contribution in [3.63, 3.8) is 0 Å². The first-order valence-electron chi connectivity index (χ1n) is 5.40. The Morgan fingerprint density at radius 2 is 2.00 bits per heavy atom. The molecule has 1 heterocycles. The molecule has 3 nitrogen and oxygen atoms in total. The van der Waals surface area contributed by atoms with E-state index in [9.17, 15) is 5.11 Å². The molecule has 0 spiro atoms. The molecule has 3 rings (SSSR count). The van der Waals surface area contributed by atoms with Gasteiger partial charge in [-0.15, -0.1) is 0 Å². The number of benzene rings is 1. The summed E-state index contributed by atoms with van der Waals surface area (Å²) in [6, 6.07) is 6.09. The van der Waals surface area contributed by atoms with E-state index >= 15 is 0 Å². The first-order valence-corrected chi connectivity index (χ1v) is 5.40. The fraction of sp³-hybridized carbons (Fsp3) is 0.500. The van der Waals surface area contributed by atoms with Gasteiger partial charge in [-0.2, -0.15) is 0 Å². The van der Waals surface area contributed by atoms with E-state index in [0.717, 1.165) is 30.8 Å². The molecule has 1 fully saturated rings. The van der Waals surface area contributed by atoms with Crippen LogP contribution in [0.3, 0.4) is 0 Å². The number of fused-ring (bicyclic) bond motifs is 1. The summed E-state index contributed by atoms with van der Waals surface area (Å²) in [6.07, 6.45) is 2.74. The second kappa shape index (κ2) is 3.42. The average Bonchev–Trinajstić information content (AvgIpc) is 2.84. The average molecular weight is 206 g/mol. The Labute approximate surface area is 88.6 Å². The smallest absolute Gasteiger partial charge is 0.231 e. The lowest BCUT2D eigenvalue weighted by molar-refractivity contribution is 0.173. The third kappa shape index (κ3) is 1.57. The lowest BCUT2D eigenvalue weighted by Crippen LogP contribution is -1.99. The van der Waals surface area contributed by atoms with Crippen LogP contribution in [-0.4, -0.2) is 18.0 Å². The van der Waals surface area contributed by atoms with Crippen LogP contribution in [0.25, 0.3) is 0 Å². The highest BCUT2D eigenvalue weighted by molar-refractivity contribution is 5.45. The van der Waals surface area contributed by atoms with Crippen LogP contribution in [-0.2, 0) is 0 Å². The lowest BCUT2D eigenvalue weighted by atomic mass is 9.97. The van der Waals surface area contributed by atoms with Gasteiger partial charge in [-0.1, -0.05) is 6.07 Å². The zero-order valence-electron chi connectivity index (χ0n) is 8.48. The minimum absolute atomic E-state index is 0.125. The third-order valence-electron chi connectivity index (χ3n) is 3.27. The Balaban J connectivity index is 1.87. The lowest BCUT2D eigenvalue weighted by Gasteiger charge is -2.10.